The lowest BCUT2D eigenvalue weighted by molar-refractivity contribution is -0.137. The Balaban J connectivity index is 2.10. The minimum Gasteiger partial charge on any atom is -0.325 e. The average Bonchev–Trinajstić information content (AvgIpc) is 2.54. The van der Waals surface area contributed by atoms with Crippen LogP contribution in [0.3, 0.4) is 0 Å². The van der Waals surface area contributed by atoms with Crippen LogP contribution in [-0.2, 0) is 11.0 Å². The highest BCUT2D eigenvalue weighted by Gasteiger charge is 2.30. The van der Waals surface area contributed by atoms with Gasteiger partial charge in [-0.2, -0.15) is 18.4 Å². The van der Waals surface area contributed by atoms with Crippen LogP contribution in [0.1, 0.15) is 29.3 Å². The maximum atomic E-state index is 12.6. The predicted molar refractivity (Wildman–Crippen MR) is 93.8 cm³/mol. The summed E-state index contributed by atoms with van der Waals surface area (Å²) >= 11 is 1.13. The Bertz CT molecular complexity index is 858. The molecule has 26 heavy (non-hydrogen) atoms. The molecule has 1 N–H and O–H groups in total. The number of alkyl halides is 3. The van der Waals surface area contributed by atoms with Crippen molar-refractivity contribution in [2.45, 2.75) is 37.2 Å². The molecule has 2 rings (SSSR count). The molecule has 1 amide bonds. The summed E-state index contributed by atoms with van der Waals surface area (Å²) in [7, 11) is 0. The van der Waals surface area contributed by atoms with E-state index in [1.165, 1.54) is 12.1 Å². The van der Waals surface area contributed by atoms with Crippen LogP contribution in [0.4, 0.5) is 18.9 Å². The Morgan fingerprint density at radius 1 is 1.27 bits per heavy atom. The Kier molecular flexibility index (Phi) is 5.93. The molecule has 0 saturated carbocycles. The van der Waals surface area contributed by atoms with Crippen molar-refractivity contribution in [2.75, 3.05) is 5.32 Å². The van der Waals surface area contributed by atoms with Crippen LogP contribution >= 0.6 is 11.8 Å². The van der Waals surface area contributed by atoms with Gasteiger partial charge in [-0.05, 0) is 56.7 Å². The lowest BCUT2D eigenvalue weighted by Gasteiger charge is -2.14. The van der Waals surface area contributed by atoms with Crippen molar-refractivity contribution in [2.24, 2.45) is 0 Å². The quantitative estimate of drug-likeness (QED) is 0.782. The number of benzene rings is 1. The number of carbonyl (C=O) groups excluding carboxylic acids is 1. The molecule has 136 valence electrons. The number of anilines is 1. The number of nitrogens with one attached hydrogen (secondary N) is 1. The summed E-state index contributed by atoms with van der Waals surface area (Å²) in [4.78, 5) is 16.6. The molecule has 4 nitrogen and oxygen atoms in total. The van der Waals surface area contributed by atoms with Gasteiger partial charge in [-0.1, -0.05) is 11.8 Å². The normalized spacial score (nSPS) is 12.3. The molecule has 0 bridgehead atoms. The number of nitriles is 1. The highest BCUT2D eigenvalue weighted by Crippen LogP contribution is 2.31. The first-order valence-electron chi connectivity index (χ1n) is 7.65. The van der Waals surface area contributed by atoms with Crippen molar-refractivity contribution in [3.63, 3.8) is 0 Å². The number of nitrogens with zero attached hydrogens (tertiary/aromatic N) is 2. The second-order valence-electron chi connectivity index (χ2n) is 5.70. The summed E-state index contributed by atoms with van der Waals surface area (Å²) in [5, 5.41) is 11.7. The van der Waals surface area contributed by atoms with Crippen molar-refractivity contribution < 1.29 is 18.0 Å². The first-order valence-corrected chi connectivity index (χ1v) is 8.53. The van der Waals surface area contributed by atoms with Crippen LogP contribution < -0.4 is 5.32 Å². The first-order chi connectivity index (χ1) is 12.1. The molecule has 0 radical (unpaired) electrons. The van der Waals surface area contributed by atoms with Gasteiger partial charge >= 0.3 is 6.18 Å². The topological polar surface area (TPSA) is 65.8 Å². The Hall–Kier alpha value is -2.53. The van der Waals surface area contributed by atoms with Gasteiger partial charge in [-0.3, -0.25) is 4.79 Å². The molecule has 0 aliphatic carbocycles. The number of halogens is 3. The minimum atomic E-state index is -4.42. The van der Waals surface area contributed by atoms with E-state index in [0.717, 1.165) is 35.2 Å². The standard InChI is InChI=1S/C18H16F3N3OS/c1-10-8-11(2)23-17(15(10)9-22)26-12(3)16(25)24-14-6-4-13(5-7-14)18(19,20)21/h4-8,12H,1-3H3,(H,24,25). The summed E-state index contributed by atoms with van der Waals surface area (Å²) in [6, 6.07) is 8.09. The fourth-order valence-electron chi connectivity index (χ4n) is 2.23. The molecule has 0 saturated heterocycles. The van der Waals surface area contributed by atoms with Crippen LogP contribution in [0, 0.1) is 25.2 Å². The summed E-state index contributed by atoms with van der Waals surface area (Å²) in [5.41, 5.74) is 1.41. The Morgan fingerprint density at radius 2 is 1.88 bits per heavy atom. The van der Waals surface area contributed by atoms with E-state index in [2.05, 4.69) is 16.4 Å². The summed E-state index contributed by atoms with van der Waals surface area (Å²) in [6.07, 6.45) is -4.42. The number of aromatic nitrogens is 1. The lowest BCUT2D eigenvalue weighted by Crippen LogP contribution is -2.22. The monoisotopic (exact) mass is 379 g/mol. The van der Waals surface area contributed by atoms with Gasteiger partial charge in [-0.25, -0.2) is 4.98 Å². The van der Waals surface area contributed by atoms with Gasteiger partial charge < -0.3 is 5.32 Å². The SMILES string of the molecule is Cc1cc(C)c(C#N)c(SC(C)C(=O)Nc2ccc(C(F)(F)F)cc2)n1. The zero-order valence-corrected chi connectivity index (χ0v) is 15.1. The van der Waals surface area contributed by atoms with Gasteiger partial charge in [0.2, 0.25) is 5.91 Å². The molecule has 1 unspecified atom stereocenters. The van der Waals surface area contributed by atoms with Gasteiger partial charge in [-0.15, -0.1) is 0 Å². The molecule has 0 aliphatic heterocycles. The van der Waals surface area contributed by atoms with Crippen LogP contribution in [0.5, 0.6) is 0 Å². The van der Waals surface area contributed by atoms with E-state index in [1.807, 2.05) is 0 Å². The van der Waals surface area contributed by atoms with E-state index in [9.17, 15) is 23.2 Å². The van der Waals surface area contributed by atoms with Gasteiger partial charge in [0.05, 0.1) is 16.4 Å². The third-order valence-corrected chi connectivity index (χ3v) is 4.65. The molecule has 0 aliphatic rings. The van der Waals surface area contributed by atoms with Crippen LogP contribution in [0.25, 0.3) is 0 Å². The smallest absolute Gasteiger partial charge is 0.325 e. The Morgan fingerprint density at radius 3 is 2.42 bits per heavy atom. The van der Waals surface area contributed by atoms with Gasteiger partial charge in [0.15, 0.2) is 0 Å². The number of amides is 1. The fourth-order valence-corrected chi connectivity index (χ4v) is 3.25. The highest BCUT2D eigenvalue weighted by molar-refractivity contribution is 8.00. The largest absolute Gasteiger partial charge is 0.416 e. The summed E-state index contributed by atoms with van der Waals surface area (Å²) in [5.74, 6) is -0.389. The van der Waals surface area contributed by atoms with Crippen LogP contribution in [0.2, 0.25) is 0 Å². The van der Waals surface area contributed by atoms with Crippen molar-refractivity contribution in [3.8, 4) is 6.07 Å². The van der Waals surface area contributed by atoms with E-state index < -0.39 is 17.0 Å². The number of thioether (sulfide) groups is 1. The summed E-state index contributed by atoms with van der Waals surface area (Å²) in [6.45, 7) is 5.24. The molecule has 8 heteroatoms. The van der Waals surface area contributed by atoms with Crippen LogP contribution in [-0.4, -0.2) is 16.1 Å². The molecular weight excluding hydrogens is 363 g/mol. The zero-order valence-electron chi connectivity index (χ0n) is 14.3. The van der Waals surface area contributed by atoms with Crippen molar-refractivity contribution >= 4 is 23.4 Å². The van der Waals surface area contributed by atoms with Gasteiger partial charge in [0.1, 0.15) is 11.1 Å². The number of carbonyl (C=O) groups is 1. The highest BCUT2D eigenvalue weighted by atomic mass is 32.2. The molecule has 0 fully saturated rings. The number of hydrogen-bond donors (Lipinski definition) is 1. The lowest BCUT2D eigenvalue weighted by atomic mass is 10.1. The maximum absolute atomic E-state index is 12.6. The Labute approximate surface area is 153 Å². The number of rotatable bonds is 4. The first kappa shape index (κ1) is 19.8. The maximum Gasteiger partial charge on any atom is 0.416 e. The molecular formula is C18H16F3N3OS. The van der Waals surface area contributed by atoms with Crippen molar-refractivity contribution in [1.29, 1.82) is 5.26 Å². The third kappa shape index (κ3) is 4.76. The van der Waals surface area contributed by atoms with Crippen LogP contribution in [0.15, 0.2) is 35.4 Å². The van der Waals surface area contributed by atoms with E-state index >= 15 is 0 Å². The molecule has 2 aromatic rings. The van der Waals surface area contributed by atoms with E-state index in [4.69, 9.17) is 0 Å². The van der Waals surface area contributed by atoms with E-state index in [1.54, 1.807) is 26.8 Å². The molecule has 1 atom stereocenters. The average molecular weight is 379 g/mol. The molecule has 1 aromatic carbocycles. The molecule has 0 spiro atoms. The second kappa shape index (κ2) is 7.79. The number of pyridine rings is 1. The van der Waals surface area contributed by atoms with E-state index in [0.29, 0.717) is 10.6 Å². The molecule has 1 heterocycles. The fraction of sp³-hybridized carbons (Fsp3) is 0.278. The molecule has 1 aromatic heterocycles. The zero-order chi connectivity index (χ0) is 19.5. The van der Waals surface area contributed by atoms with Crippen molar-refractivity contribution in [3.05, 3.63) is 52.7 Å². The number of hydrogen-bond acceptors (Lipinski definition) is 4. The summed E-state index contributed by atoms with van der Waals surface area (Å²) < 4.78 is 37.7. The number of aryl methyl sites for hydroxylation is 2. The third-order valence-electron chi connectivity index (χ3n) is 3.56. The van der Waals surface area contributed by atoms with Gasteiger partial charge in [0.25, 0.3) is 0 Å². The van der Waals surface area contributed by atoms with Crippen molar-refractivity contribution in [1.82, 2.24) is 4.98 Å². The van der Waals surface area contributed by atoms with E-state index in [-0.39, 0.29) is 11.6 Å². The predicted octanol–water partition coefficient (Wildman–Crippen LogP) is 4.71. The minimum absolute atomic E-state index is 0.268. The van der Waals surface area contributed by atoms with Gasteiger partial charge in [0, 0.05) is 11.4 Å². The second-order valence-corrected chi connectivity index (χ2v) is 7.03.